The topological polar surface area (TPSA) is 63.2 Å². The first kappa shape index (κ1) is 56.6. The second kappa shape index (κ2) is 19.0. The van der Waals surface area contributed by atoms with Crippen LogP contribution >= 0.6 is 8.60 Å². The Hall–Kier alpha value is -4.02. The standard InChI is InChI=1S/C61H91O6P/c1-53(2,3)38-28-30-48(44(34-38)57(13,14)15)65-68(66-49-31-29-39(54(4,5)6)35-45(49)58(16,17)18)67-51-43(33-41(56(10,11)12)37-47(51)60(22,23)24)42-32-40(55(7,8)9)36-46(59(19,20)21)50(42)63-52(62)64-61(25,26)27/h28-37H,1-27H3. The predicted octanol–water partition coefficient (Wildman–Crippen LogP) is 18.8. The van der Waals surface area contributed by atoms with Gasteiger partial charge in [0.2, 0.25) is 0 Å². The Bertz CT molecular complexity index is 2370. The molecule has 0 bridgehead atoms. The third-order valence-corrected chi connectivity index (χ3v) is 13.2. The molecule has 0 heterocycles. The van der Waals surface area contributed by atoms with Crippen LogP contribution in [0.1, 0.15) is 231 Å². The Morgan fingerprint density at radius 1 is 0.353 bits per heavy atom. The highest BCUT2D eigenvalue weighted by Gasteiger charge is 2.37. The van der Waals surface area contributed by atoms with Crippen molar-refractivity contribution >= 4 is 14.8 Å². The van der Waals surface area contributed by atoms with Crippen molar-refractivity contribution < 1.29 is 27.8 Å². The van der Waals surface area contributed by atoms with Crippen LogP contribution in [0.5, 0.6) is 23.0 Å². The fourth-order valence-corrected chi connectivity index (χ4v) is 8.91. The highest BCUT2D eigenvalue weighted by molar-refractivity contribution is 7.43. The highest BCUT2D eigenvalue weighted by Crippen LogP contribution is 2.55. The molecule has 0 spiro atoms. The molecule has 376 valence electrons. The minimum atomic E-state index is -2.24. The molecule has 0 saturated heterocycles. The molecular formula is C61H91O6P. The highest BCUT2D eigenvalue weighted by atomic mass is 31.2. The van der Waals surface area contributed by atoms with Gasteiger partial charge in [-0.3, -0.25) is 0 Å². The summed E-state index contributed by atoms with van der Waals surface area (Å²) in [5.74, 6) is 2.43. The maximum atomic E-state index is 14.0. The summed E-state index contributed by atoms with van der Waals surface area (Å²) in [5.41, 5.74) is 7.23. The first-order valence-electron chi connectivity index (χ1n) is 24.7. The van der Waals surface area contributed by atoms with Crippen molar-refractivity contribution in [2.75, 3.05) is 0 Å². The Balaban J connectivity index is 2.27. The largest absolute Gasteiger partial charge is 0.530 e. The predicted molar refractivity (Wildman–Crippen MR) is 290 cm³/mol. The van der Waals surface area contributed by atoms with E-state index in [1.54, 1.807) is 0 Å². The molecule has 4 aromatic rings. The van der Waals surface area contributed by atoms with E-state index >= 15 is 0 Å². The molecule has 0 aliphatic rings. The Morgan fingerprint density at radius 3 is 0.971 bits per heavy atom. The van der Waals surface area contributed by atoms with Crippen molar-refractivity contribution in [3.8, 4) is 34.1 Å². The molecule has 0 unspecified atom stereocenters. The van der Waals surface area contributed by atoms with E-state index in [1.807, 2.05) is 20.8 Å². The van der Waals surface area contributed by atoms with E-state index in [1.165, 1.54) is 11.1 Å². The fourth-order valence-electron chi connectivity index (χ4n) is 7.82. The van der Waals surface area contributed by atoms with Gasteiger partial charge in [0.15, 0.2) is 0 Å². The quantitative estimate of drug-likeness (QED) is 0.0996. The number of benzene rings is 4. The van der Waals surface area contributed by atoms with Gasteiger partial charge in [0.05, 0.1) is 0 Å². The summed E-state index contributed by atoms with van der Waals surface area (Å²) in [6.07, 6.45) is -0.769. The average molecular weight is 951 g/mol. The van der Waals surface area contributed by atoms with Crippen molar-refractivity contribution in [3.63, 3.8) is 0 Å². The first-order valence-corrected chi connectivity index (χ1v) is 25.8. The zero-order valence-electron chi connectivity index (χ0n) is 47.7. The van der Waals surface area contributed by atoms with Gasteiger partial charge < -0.3 is 23.0 Å². The van der Waals surface area contributed by atoms with Crippen LogP contribution in [-0.4, -0.2) is 11.8 Å². The fraction of sp³-hybridized carbons (Fsp3) is 0.590. The Labute approximate surface area is 416 Å². The van der Waals surface area contributed by atoms with Gasteiger partial charge in [0.1, 0.15) is 28.6 Å². The lowest BCUT2D eigenvalue weighted by atomic mass is 9.75. The van der Waals surface area contributed by atoms with E-state index in [0.717, 1.165) is 44.5 Å². The number of carbonyl (C=O) groups excluding carboxylic acids is 1. The number of carbonyl (C=O) groups is 1. The maximum Gasteiger partial charge on any atom is 0.530 e. The van der Waals surface area contributed by atoms with Crippen LogP contribution in [0.2, 0.25) is 0 Å². The molecule has 4 aromatic carbocycles. The monoisotopic (exact) mass is 951 g/mol. The molecule has 0 atom stereocenters. The third-order valence-electron chi connectivity index (χ3n) is 12.2. The summed E-state index contributed by atoms with van der Waals surface area (Å²) in [5, 5.41) is 0. The summed E-state index contributed by atoms with van der Waals surface area (Å²) in [6.45, 7) is 58.7. The van der Waals surface area contributed by atoms with Crippen molar-refractivity contribution in [1.29, 1.82) is 0 Å². The van der Waals surface area contributed by atoms with Crippen LogP contribution in [0.4, 0.5) is 4.79 Å². The lowest BCUT2D eigenvalue weighted by molar-refractivity contribution is 0.0204. The van der Waals surface area contributed by atoms with Crippen LogP contribution in [0, 0.1) is 0 Å². The van der Waals surface area contributed by atoms with E-state index in [0.29, 0.717) is 23.0 Å². The Morgan fingerprint density at radius 2 is 0.662 bits per heavy atom. The van der Waals surface area contributed by atoms with Crippen LogP contribution in [0.3, 0.4) is 0 Å². The second-order valence-corrected chi connectivity index (χ2v) is 29.3. The molecule has 0 saturated carbocycles. The van der Waals surface area contributed by atoms with Crippen molar-refractivity contribution in [2.45, 2.75) is 236 Å². The second-order valence-electron chi connectivity index (χ2n) is 28.3. The van der Waals surface area contributed by atoms with E-state index in [2.05, 4.69) is 227 Å². The van der Waals surface area contributed by atoms with E-state index in [9.17, 15) is 4.79 Å². The van der Waals surface area contributed by atoms with Crippen LogP contribution in [0.25, 0.3) is 11.1 Å². The van der Waals surface area contributed by atoms with E-state index in [-0.39, 0.29) is 32.5 Å². The number of ether oxygens (including phenoxy) is 2. The van der Waals surface area contributed by atoms with Gasteiger partial charge >= 0.3 is 14.8 Å². The summed E-state index contributed by atoms with van der Waals surface area (Å²) in [4.78, 5) is 14.0. The number of rotatable bonds is 8. The van der Waals surface area contributed by atoms with E-state index < -0.39 is 31.2 Å². The molecule has 7 heteroatoms. The lowest BCUT2D eigenvalue weighted by Gasteiger charge is -2.33. The summed E-state index contributed by atoms with van der Waals surface area (Å²) in [7, 11) is -2.24. The molecule has 0 aliphatic carbocycles. The van der Waals surface area contributed by atoms with Crippen LogP contribution < -0.4 is 18.3 Å². The molecular weight excluding hydrogens is 860 g/mol. The van der Waals surface area contributed by atoms with Gasteiger partial charge in [-0.15, -0.1) is 0 Å². The van der Waals surface area contributed by atoms with Gasteiger partial charge in [-0.05, 0) is 111 Å². The zero-order chi connectivity index (χ0) is 52.3. The third kappa shape index (κ3) is 14.3. The minimum Gasteiger partial charge on any atom is -0.428 e. The molecule has 0 aromatic heterocycles. The summed E-state index contributed by atoms with van der Waals surface area (Å²) in [6, 6.07) is 21.9. The molecule has 68 heavy (non-hydrogen) atoms. The van der Waals surface area contributed by atoms with Crippen molar-refractivity contribution in [2.24, 2.45) is 0 Å². The smallest absolute Gasteiger partial charge is 0.428 e. The molecule has 6 nitrogen and oxygen atoms in total. The zero-order valence-corrected chi connectivity index (χ0v) is 48.6. The molecule has 0 fully saturated rings. The number of hydrogen-bond donors (Lipinski definition) is 0. The number of hydrogen-bond acceptors (Lipinski definition) is 6. The van der Waals surface area contributed by atoms with Gasteiger partial charge in [0, 0.05) is 33.4 Å². The normalized spacial score (nSPS) is 13.7. The summed E-state index contributed by atoms with van der Waals surface area (Å²) < 4.78 is 34.6. The molecule has 0 N–H and O–H groups in total. The SMILES string of the molecule is CC(C)(C)OC(=O)Oc1c(-c2cc(C(C)(C)C)cc(C(C)(C)C)c2OP(Oc2ccc(C(C)(C)C)cc2C(C)(C)C)Oc2ccc(C(C)(C)C)cc2C(C)(C)C)cc(C(C)(C)C)cc1C(C)(C)C. The van der Waals surface area contributed by atoms with Crippen LogP contribution in [-0.2, 0) is 48.1 Å². The van der Waals surface area contributed by atoms with Crippen LogP contribution in [0.15, 0.2) is 60.7 Å². The summed E-state index contributed by atoms with van der Waals surface area (Å²) >= 11 is 0. The van der Waals surface area contributed by atoms with E-state index in [4.69, 9.17) is 23.0 Å². The Kier molecular flexibility index (Phi) is 15.8. The first-order chi connectivity index (χ1) is 30.3. The van der Waals surface area contributed by atoms with Crippen molar-refractivity contribution in [3.05, 3.63) is 105 Å². The maximum absolute atomic E-state index is 14.0. The minimum absolute atomic E-state index is 0.0788. The van der Waals surface area contributed by atoms with Crippen molar-refractivity contribution in [1.82, 2.24) is 0 Å². The van der Waals surface area contributed by atoms with Gasteiger partial charge in [-0.2, -0.15) is 0 Å². The molecule has 0 amide bonds. The lowest BCUT2D eigenvalue weighted by Crippen LogP contribution is -2.27. The average Bonchev–Trinajstić information content (AvgIpc) is 3.10. The molecule has 0 radical (unpaired) electrons. The van der Waals surface area contributed by atoms with Gasteiger partial charge in [-0.1, -0.05) is 203 Å². The van der Waals surface area contributed by atoms with Gasteiger partial charge in [0.25, 0.3) is 0 Å². The van der Waals surface area contributed by atoms with Gasteiger partial charge in [-0.25, -0.2) is 4.79 Å². The molecule has 4 rings (SSSR count). The molecule has 0 aliphatic heterocycles.